The van der Waals surface area contributed by atoms with Crippen LogP contribution >= 0.6 is 0 Å². The van der Waals surface area contributed by atoms with Gasteiger partial charge in [0.15, 0.2) is 0 Å². The summed E-state index contributed by atoms with van der Waals surface area (Å²) in [7, 11) is 1.91. The Hall–Kier alpha value is -1.74. The Morgan fingerprint density at radius 2 is 2.16 bits per heavy atom. The minimum atomic E-state index is -0.170. The van der Waals surface area contributed by atoms with Crippen LogP contribution in [0.5, 0.6) is 0 Å². The molecule has 0 aliphatic carbocycles. The van der Waals surface area contributed by atoms with E-state index in [4.69, 9.17) is 0 Å². The molecule has 0 amide bonds. The lowest BCUT2D eigenvalue weighted by atomic mass is 9.98. The minimum absolute atomic E-state index is 0.162. The van der Waals surface area contributed by atoms with E-state index >= 15 is 0 Å². The molecule has 1 heterocycles. The average Bonchev–Trinajstić information content (AvgIpc) is 2.39. The summed E-state index contributed by atoms with van der Waals surface area (Å²) in [5, 5.41) is 3.26. The van der Waals surface area contributed by atoms with E-state index in [1.165, 1.54) is 5.56 Å². The average molecular weight is 258 g/mol. The summed E-state index contributed by atoms with van der Waals surface area (Å²) in [4.78, 5) is 4.11. The molecule has 2 rings (SSSR count). The van der Waals surface area contributed by atoms with E-state index in [1.54, 1.807) is 18.3 Å². The largest absolute Gasteiger partial charge is 0.313 e. The molecule has 1 aromatic carbocycles. The van der Waals surface area contributed by atoms with Crippen LogP contribution in [0, 0.1) is 12.7 Å². The predicted molar refractivity (Wildman–Crippen MR) is 75.5 cm³/mol. The van der Waals surface area contributed by atoms with E-state index in [1.807, 2.05) is 32.3 Å². The molecule has 0 aliphatic heterocycles. The molecule has 3 heteroatoms. The summed E-state index contributed by atoms with van der Waals surface area (Å²) >= 11 is 0. The number of hydrogen-bond acceptors (Lipinski definition) is 2. The first kappa shape index (κ1) is 13.7. The molecule has 1 atom stereocenters. The number of aromatic nitrogens is 1. The van der Waals surface area contributed by atoms with Crippen LogP contribution in [0.25, 0.3) is 0 Å². The van der Waals surface area contributed by atoms with Gasteiger partial charge in [0.1, 0.15) is 5.82 Å². The van der Waals surface area contributed by atoms with Gasteiger partial charge in [0.25, 0.3) is 0 Å². The van der Waals surface area contributed by atoms with Crippen molar-refractivity contribution in [3.05, 3.63) is 65.2 Å². The fraction of sp³-hybridized carbons (Fsp3) is 0.312. The molecule has 2 aromatic rings. The molecule has 0 radical (unpaired) electrons. The Kier molecular flexibility index (Phi) is 4.63. The number of hydrogen-bond donors (Lipinski definition) is 1. The van der Waals surface area contributed by atoms with E-state index in [0.29, 0.717) is 0 Å². The zero-order valence-corrected chi connectivity index (χ0v) is 11.4. The number of aryl methyl sites for hydroxylation is 2. The van der Waals surface area contributed by atoms with Crippen LogP contribution in [0.3, 0.4) is 0 Å². The zero-order valence-electron chi connectivity index (χ0n) is 11.4. The van der Waals surface area contributed by atoms with Gasteiger partial charge in [-0.25, -0.2) is 4.39 Å². The standard InChI is InChI=1S/C16H19FN2/c1-12-8-14(10-15(17)9-12)16(18-2)6-5-13-4-3-7-19-11-13/h3-4,7-11,16,18H,5-6H2,1-2H3. The van der Waals surface area contributed by atoms with Crippen LogP contribution in [0.2, 0.25) is 0 Å². The number of halogens is 1. The van der Waals surface area contributed by atoms with Crippen molar-refractivity contribution < 1.29 is 4.39 Å². The van der Waals surface area contributed by atoms with Crippen LogP contribution < -0.4 is 5.32 Å². The van der Waals surface area contributed by atoms with E-state index in [-0.39, 0.29) is 11.9 Å². The van der Waals surface area contributed by atoms with Crippen molar-refractivity contribution in [2.24, 2.45) is 0 Å². The summed E-state index contributed by atoms with van der Waals surface area (Å²) in [5.74, 6) is -0.170. The molecular formula is C16H19FN2. The number of pyridine rings is 1. The summed E-state index contributed by atoms with van der Waals surface area (Å²) in [5.41, 5.74) is 3.16. The lowest BCUT2D eigenvalue weighted by molar-refractivity contribution is 0.541. The summed E-state index contributed by atoms with van der Waals surface area (Å²) in [6, 6.07) is 9.36. The smallest absolute Gasteiger partial charge is 0.123 e. The molecule has 1 aromatic heterocycles. The van der Waals surface area contributed by atoms with Gasteiger partial charge in [-0.2, -0.15) is 0 Å². The molecule has 0 aliphatic rings. The molecule has 1 unspecified atom stereocenters. The molecule has 0 saturated heterocycles. The first-order valence-electron chi connectivity index (χ1n) is 6.52. The van der Waals surface area contributed by atoms with E-state index in [9.17, 15) is 4.39 Å². The van der Waals surface area contributed by atoms with Gasteiger partial charge in [0.05, 0.1) is 0 Å². The van der Waals surface area contributed by atoms with Gasteiger partial charge in [-0.05, 0) is 61.7 Å². The Bertz CT molecular complexity index is 505. The highest BCUT2D eigenvalue weighted by Gasteiger charge is 2.11. The second-order valence-electron chi connectivity index (χ2n) is 4.80. The third-order valence-corrected chi connectivity index (χ3v) is 3.26. The highest BCUT2D eigenvalue weighted by molar-refractivity contribution is 5.26. The Morgan fingerprint density at radius 3 is 2.79 bits per heavy atom. The molecule has 1 N–H and O–H groups in total. The second kappa shape index (κ2) is 6.43. The molecule has 2 nitrogen and oxygen atoms in total. The SMILES string of the molecule is CNC(CCc1cccnc1)c1cc(C)cc(F)c1. The fourth-order valence-corrected chi connectivity index (χ4v) is 2.30. The molecule has 100 valence electrons. The maximum atomic E-state index is 13.5. The van der Waals surface area contributed by atoms with Crippen LogP contribution in [-0.2, 0) is 6.42 Å². The van der Waals surface area contributed by atoms with Gasteiger partial charge in [0, 0.05) is 18.4 Å². The fourth-order valence-electron chi connectivity index (χ4n) is 2.30. The quantitative estimate of drug-likeness (QED) is 0.888. The Balaban J connectivity index is 2.07. The van der Waals surface area contributed by atoms with E-state index in [0.717, 1.165) is 24.0 Å². The molecular weight excluding hydrogens is 239 g/mol. The van der Waals surface area contributed by atoms with Gasteiger partial charge in [-0.15, -0.1) is 0 Å². The number of nitrogens with one attached hydrogen (secondary N) is 1. The van der Waals surface area contributed by atoms with Gasteiger partial charge in [0.2, 0.25) is 0 Å². The molecule has 0 saturated carbocycles. The maximum Gasteiger partial charge on any atom is 0.123 e. The van der Waals surface area contributed by atoms with Crippen molar-refractivity contribution >= 4 is 0 Å². The van der Waals surface area contributed by atoms with Crippen molar-refractivity contribution in [2.45, 2.75) is 25.8 Å². The monoisotopic (exact) mass is 258 g/mol. The first-order chi connectivity index (χ1) is 9.19. The van der Waals surface area contributed by atoms with Crippen molar-refractivity contribution in [1.82, 2.24) is 10.3 Å². The lowest BCUT2D eigenvalue weighted by Gasteiger charge is -2.17. The summed E-state index contributed by atoms with van der Waals surface area (Å²) in [6.45, 7) is 1.92. The molecule has 19 heavy (non-hydrogen) atoms. The van der Waals surface area contributed by atoms with Crippen LogP contribution in [0.1, 0.15) is 29.2 Å². The third-order valence-electron chi connectivity index (χ3n) is 3.26. The van der Waals surface area contributed by atoms with Gasteiger partial charge < -0.3 is 5.32 Å². The highest BCUT2D eigenvalue weighted by Crippen LogP contribution is 2.21. The van der Waals surface area contributed by atoms with Gasteiger partial charge >= 0.3 is 0 Å². The number of benzene rings is 1. The van der Waals surface area contributed by atoms with E-state index < -0.39 is 0 Å². The van der Waals surface area contributed by atoms with E-state index in [2.05, 4.69) is 16.4 Å². The number of nitrogens with zero attached hydrogens (tertiary/aromatic N) is 1. The molecule has 0 bridgehead atoms. The van der Waals surface area contributed by atoms with Crippen molar-refractivity contribution in [3.8, 4) is 0 Å². The van der Waals surface area contributed by atoms with Gasteiger partial charge in [-0.1, -0.05) is 12.1 Å². The Labute approximate surface area is 113 Å². The highest BCUT2D eigenvalue weighted by atomic mass is 19.1. The molecule has 0 fully saturated rings. The lowest BCUT2D eigenvalue weighted by Crippen LogP contribution is -2.17. The maximum absolute atomic E-state index is 13.5. The third kappa shape index (κ3) is 3.86. The minimum Gasteiger partial charge on any atom is -0.313 e. The van der Waals surface area contributed by atoms with Crippen molar-refractivity contribution in [1.29, 1.82) is 0 Å². The van der Waals surface area contributed by atoms with Crippen LogP contribution in [0.15, 0.2) is 42.7 Å². The van der Waals surface area contributed by atoms with Crippen molar-refractivity contribution in [2.75, 3.05) is 7.05 Å². The summed E-state index contributed by atoms with van der Waals surface area (Å²) in [6.07, 6.45) is 5.50. The zero-order chi connectivity index (χ0) is 13.7. The van der Waals surface area contributed by atoms with Crippen LogP contribution in [0.4, 0.5) is 4.39 Å². The Morgan fingerprint density at radius 1 is 1.32 bits per heavy atom. The predicted octanol–water partition coefficient (Wildman–Crippen LogP) is 3.42. The first-order valence-corrected chi connectivity index (χ1v) is 6.52. The van der Waals surface area contributed by atoms with Crippen molar-refractivity contribution in [3.63, 3.8) is 0 Å². The molecule has 0 spiro atoms. The van der Waals surface area contributed by atoms with Crippen LogP contribution in [-0.4, -0.2) is 12.0 Å². The number of rotatable bonds is 5. The topological polar surface area (TPSA) is 24.9 Å². The summed E-state index contributed by atoms with van der Waals surface area (Å²) < 4.78 is 13.5. The normalized spacial score (nSPS) is 12.4. The van der Waals surface area contributed by atoms with Gasteiger partial charge in [-0.3, -0.25) is 4.98 Å². The second-order valence-corrected chi connectivity index (χ2v) is 4.80.